The monoisotopic (exact) mass is 406 g/mol. The highest BCUT2D eigenvalue weighted by Gasteiger charge is 2.62. The second-order valence-corrected chi connectivity index (χ2v) is 11.5. The van der Waals surface area contributed by atoms with Crippen LogP contribution in [-0.2, 0) is 4.79 Å². The number of rotatable bonds is 4. The summed E-state index contributed by atoms with van der Waals surface area (Å²) in [5, 5.41) is 21.5. The van der Waals surface area contributed by atoms with Gasteiger partial charge in [0.2, 0.25) is 5.91 Å². The lowest BCUT2D eigenvalue weighted by atomic mass is 9.43. The smallest absolute Gasteiger partial charge is 0.233 e. The molecule has 0 aliphatic heterocycles. The Bertz CT molecular complexity index is 627. The number of hydrazine groups is 1. The van der Waals surface area contributed by atoms with Gasteiger partial charge in [-0.25, -0.2) is 5.84 Å². The summed E-state index contributed by atoms with van der Waals surface area (Å²) in [5.74, 6) is 8.40. The van der Waals surface area contributed by atoms with Gasteiger partial charge in [-0.15, -0.1) is 0 Å². The third kappa shape index (κ3) is 3.45. The SMILES string of the molecule is C[C@H](CCC(=O)NN)[C@H]1CC[C@H]2[C@@H]3[C@@H](O)C[C@H]4C[C@@H](O)CC[C@]4(C)[C@H]3CC[C@]12C. The van der Waals surface area contributed by atoms with Crippen molar-refractivity contribution >= 4 is 5.91 Å². The number of amides is 1. The van der Waals surface area contributed by atoms with E-state index in [0.717, 1.165) is 32.1 Å². The van der Waals surface area contributed by atoms with Crippen molar-refractivity contribution < 1.29 is 15.0 Å². The van der Waals surface area contributed by atoms with Gasteiger partial charge >= 0.3 is 0 Å². The van der Waals surface area contributed by atoms with Crippen LogP contribution < -0.4 is 11.3 Å². The van der Waals surface area contributed by atoms with E-state index in [1.807, 2.05) is 0 Å². The quantitative estimate of drug-likeness (QED) is 0.327. The van der Waals surface area contributed by atoms with Gasteiger partial charge in [-0.1, -0.05) is 20.8 Å². The molecule has 0 aromatic rings. The number of nitrogens with one attached hydrogen (secondary N) is 1. The third-order valence-corrected chi connectivity index (χ3v) is 10.4. The number of hydrogen-bond acceptors (Lipinski definition) is 4. The largest absolute Gasteiger partial charge is 0.393 e. The van der Waals surface area contributed by atoms with Crippen molar-refractivity contribution in [3.05, 3.63) is 0 Å². The Kier molecular flexibility index (Phi) is 5.80. The van der Waals surface area contributed by atoms with Crippen LogP contribution >= 0.6 is 0 Å². The van der Waals surface area contributed by atoms with Crippen LogP contribution in [0.1, 0.15) is 85.0 Å². The molecule has 0 aromatic heterocycles. The van der Waals surface area contributed by atoms with E-state index in [1.165, 1.54) is 25.7 Å². The number of aliphatic hydroxyl groups is 2. The van der Waals surface area contributed by atoms with Gasteiger partial charge in [0.15, 0.2) is 0 Å². The molecule has 1 amide bonds. The molecule has 0 radical (unpaired) electrons. The molecule has 0 heterocycles. The molecule has 5 nitrogen and oxygen atoms in total. The molecule has 166 valence electrons. The second-order valence-electron chi connectivity index (χ2n) is 11.5. The molecule has 0 aromatic carbocycles. The van der Waals surface area contributed by atoms with E-state index < -0.39 is 0 Å². The Morgan fingerprint density at radius 2 is 1.76 bits per heavy atom. The summed E-state index contributed by atoms with van der Waals surface area (Å²) in [6, 6.07) is 0. The highest BCUT2D eigenvalue weighted by molar-refractivity contribution is 5.75. The zero-order chi connectivity index (χ0) is 21.0. The molecule has 10 atom stereocenters. The topological polar surface area (TPSA) is 95.6 Å². The molecule has 5 heteroatoms. The predicted molar refractivity (Wildman–Crippen MR) is 113 cm³/mol. The van der Waals surface area contributed by atoms with E-state index in [4.69, 9.17) is 5.84 Å². The fourth-order valence-electron chi connectivity index (χ4n) is 8.81. The van der Waals surface area contributed by atoms with Crippen LogP contribution in [0.5, 0.6) is 0 Å². The van der Waals surface area contributed by atoms with Crippen molar-refractivity contribution in [2.45, 2.75) is 97.2 Å². The molecule has 4 aliphatic rings. The molecule has 4 saturated carbocycles. The van der Waals surface area contributed by atoms with Crippen LogP contribution in [0.4, 0.5) is 0 Å². The average Bonchev–Trinajstić information content (AvgIpc) is 3.04. The Labute approximate surface area is 176 Å². The Hall–Kier alpha value is -0.650. The van der Waals surface area contributed by atoms with Crippen LogP contribution in [0.25, 0.3) is 0 Å². The Balaban J connectivity index is 1.53. The van der Waals surface area contributed by atoms with Crippen molar-refractivity contribution in [3.8, 4) is 0 Å². The standard InChI is InChI=1S/C24H42N2O3/c1-14(4-7-21(29)26-25)17-5-6-18-22-19(9-11-24(17,18)3)23(2)10-8-16(27)12-15(23)13-20(22)28/h14-20,22,27-28H,4-13,25H2,1-3H3,(H,26,29)/t14-,15-,16+,17-,18+,19+,20+,22+,23+,24-/m1/s1. The Morgan fingerprint density at radius 3 is 2.48 bits per heavy atom. The van der Waals surface area contributed by atoms with Gasteiger partial charge in [0.25, 0.3) is 0 Å². The normalized spacial score (nSPS) is 50.2. The maximum absolute atomic E-state index is 11.6. The third-order valence-electron chi connectivity index (χ3n) is 10.4. The van der Waals surface area contributed by atoms with E-state index >= 15 is 0 Å². The van der Waals surface area contributed by atoms with Crippen LogP contribution in [0, 0.1) is 46.3 Å². The molecular weight excluding hydrogens is 364 g/mol. The lowest BCUT2D eigenvalue weighted by molar-refractivity contribution is -0.174. The van der Waals surface area contributed by atoms with Crippen molar-refractivity contribution in [1.82, 2.24) is 5.43 Å². The van der Waals surface area contributed by atoms with Gasteiger partial charge in [-0.3, -0.25) is 10.2 Å². The van der Waals surface area contributed by atoms with Crippen LogP contribution in [-0.4, -0.2) is 28.3 Å². The lowest BCUT2D eigenvalue weighted by Gasteiger charge is -2.62. The number of aliphatic hydroxyl groups excluding tert-OH is 2. The average molecular weight is 407 g/mol. The molecule has 5 N–H and O–H groups in total. The molecule has 4 rings (SSSR count). The number of hydrogen-bond donors (Lipinski definition) is 4. The Morgan fingerprint density at radius 1 is 1.07 bits per heavy atom. The maximum atomic E-state index is 11.6. The fraction of sp³-hybridized carbons (Fsp3) is 0.958. The number of fused-ring (bicyclic) bond motifs is 5. The number of nitrogens with two attached hydrogens (primary N) is 1. The summed E-state index contributed by atoms with van der Waals surface area (Å²) in [6.07, 6.45) is 9.70. The maximum Gasteiger partial charge on any atom is 0.233 e. The van der Waals surface area contributed by atoms with E-state index in [1.54, 1.807) is 0 Å². The zero-order valence-corrected chi connectivity index (χ0v) is 18.6. The van der Waals surface area contributed by atoms with Gasteiger partial charge in [-0.05, 0) is 104 Å². The van der Waals surface area contributed by atoms with E-state index in [-0.39, 0.29) is 28.9 Å². The first-order chi connectivity index (χ1) is 13.7. The van der Waals surface area contributed by atoms with Crippen LogP contribution in [0.15, 0.2) is 0 Å². The number of carbonyl (C=O) groups is 1. The molecule has 0 unspecified atom stereocenters. The first-order valence-electron chi connectivity index (χ1n) is 12.1. The highest BCUT2D eigenvalue weighted by Crippen LogP contribution is 2.68. The molecule has 0 spiro atoms. The summed E-state index contributed by atoms with van der Waals surface area (Å²) in [6.45, 7) is 7.26. The molecule has 29 heavy (non-hydrogen) atoms. The van der Waals surface area contributed by atoms with Crippen molar-refractivity contribution in [2.75, 3.05) is 0 Å². The van der Waals surface area contributed by atoms with Gasteiger partial charge in [0.05, 0.1) is 12.2 Å². The minimum Gasteiger partial charge on any atom is -0.393 e. The number of carbonyl (C=O) groups excluding carboxylic acids is 1. The van der Waals surface area contributed by atoms with E-state index in [9.17, 15) is 15.0 Å². The summed E-state index contributed by atoms with van der Waals surface area (Å²) in [7, 11) is 0. The molecule has 4 aliphatic carbocycles. The van der Waals surface area contributed by atoms with Gasteiger partial charge in [0.1, 0.15) is 0 Å². The summed E-state index contributed by atoms with van der Waals surface area (Å²) in [4.78, 5) is 11.6. The van der Waals surface area contributed by atoms with E-state index in [0.29, 0.717) is 41.9 Å². The zero-order valence-electron chi connectivity index (χ0n) is 18.6. The summed E-state index contributed by atoms with van der Waals surface area (Å²) >= 11 is 0. The van der Waals surface area contributed by atoms with Crippen molar-refractivity contribution in [3.63, 3.8) is 0 Å². The van der Waals surface area contributed by atoms with Gasteiger partial charge in [0, 0.05) is 6.42 Å². The van der Waals surface area contributed by atoms with Crippen molar-refractivity contribution in [2.24, 2.45) is 52.2 Å². The van der Waals surface area contributed by atoms with Gasteiger partial charge < -0.3 is 10.2 Å². The van der Waals surface area contributed by atoms with Gasteiger partial charge in [-0.2, -0.15) is 0 Å². The van der Waals surface area contributed by atoms with Crippen LogP contribution in [0.2, 0.25) is 0 Å². The summed E-state index contributed by atoms with van der Waals surface area (Å²) in [5.41, 5.74) is 2.82. The fourth-order valence-corrected chi connectivity index (χ4v) is 8.81. The molecular formula is C24H42N2O3. The lowest BCUT2D eigenvalue weighted by Crippen LogP contribution is -2.58. The first kappa shape index (κ1) is 21.6. The molecule has 4 fully saturated rings. The molecule has 0 saturated heterocycles. The van der Waals surface area contributed by atoms with Crippen LogP contribution in [0.3, 0.4) is 0 Å². The minimum absolute atomic E-state index is 0.0681. The first-order valence-corrected chi connectivity index (χ1v) is 12.1. The molecule has 0 bridgehead atoms. The summed E-state index contributed by atoms with van der Waals surface area (Å²) < 4.78 is 0. The second kappa shape index (κ2) is 7.80. The highest BCUT2D eigenvalue weighted by atomic mass is 16.3. The van der Waals surface area contributed by atoms with E-state index in [2.05, 4.69) is 26.2 Å². The van der Waals surface area contributed by atoms with Crippen molar-refractivity contribution in [1.29, 1.82) is 0 Å². The predicted octanol–water partition coefficient (Wildman–Crippen LogP) is 3.38. The minimum atomic E-state index is -0.218.